The minimum atomic E-state index is -0.405. The smallest absolute Gasteiger partial charge is 0.0715 e. The number of rotatable bonds is 0. The van der Waals surface area contributed by atoms with Gasteiger partial charge in [-0.1, -0.05) is 32.4 Å². The molecule has 0 aromatic carbocycles. The van der Waals surface area contributed by atoms with Crippen molar-refractivity contribution in [3.63, 3.8) is 0 Å². The average Bonchev–Trinajstić information content (AvgIpc) is 2.42. The topological polar surface area (TPSA) is 20.2 Å². The fourth-order valence-corrected chi connectivity index (χ4v) is 3.69. The van der Waals surface area contributed by atoms with E-state index in [1.54, 1.807) is 0 Å². The van der Waals surface area contributed by atoms with Crippen molar-refractivity contribution in [3.05, 3.63) is 11.6 Å². The van der Waals surface area contributed by atoms with E-state index in [9.17, 15) is 5.11 Å². The standard InChI is InChI=1S/C15H26O/c1-11-5-7-14(3,4)10-13-12(2)6-8-15(13,16)9-11/h5,12-13,16H,6-10H2,1-4H3/b11-5-/t12-,13+,15+/m0/s1. The van der Waals surface area contributed by atoms with Crippen molar-refractivity contribution >= 4 is 0 Å². The van der Waals surface area contributed by atoms with Gasteiger partial charge in [0.25, 0.3) is 0 Å². The molecule has 0 aliphatic heterocycles. The lowest BCUT2D eigenvalue weighted by molar-refractivity contribution is -0.0252. The van der Waals surface area contributed by atoms with E-state index in [1.807, 2.05) is 0 Å². The van der Waals surface area contributed by atoms with Crippen molar-refractivity contribution in [1.82, 2.24) is 0 Å². The number of allylic oxidation sites excluding steroid dienone is 1. The maximum absolute atomic E-state index is 10.8. The van der Waals surface area contributed by atoms with Crippen molar-refractivity contribution in [3.8, 4) is 0 Å². The van der Waals surface area contributed by atoms with Crippen LogP contribution in [0.15, 0.2) is 11.6 Å². The third-order valence-corrected chi connectivity index (χ3v) is 4.77. The normalized spacial score (nSPS) is 46.4. The molecular weight excluding hydrogens is 196 g/mol. The van der Waals surface area contributed by atoms with Crippen LogP contribution in [0.25, 0.3) is 0 Å². The fourth-order valence-electron chi connectivity index (χ4n) is 3.69. The number of fused-ring (bicyclic) bond motifs is 1. The predicted molar refractivity (Wildman–Crippen MR) is 68.2 cm³/mol. The highest BCUT2D eigenvalue weighted by molar-refractivity contribution is 5.12. The Kier molecular flexibility index (Phi) is 2.94. The van der Waals surface area contributed by atoms with Gasteiger partial charge in [0.05, 0.1) is 5.60 Å². The molecule has 92 valence electrons. The van der Waals surface area contributed by atoms with Crippen molar-refractivity contribution in [2.75, 3.05) is 0 Å². The highest BCUT2D eigenvalue weighted by Crippen LogP contribution is 2.50. The van der Waals surface area contributed by atoms with Crippen LogP contribution >= 0.6 is 0 Å². The third-order valence-electron chi connectivity index (χ3n) is 4.77. The molecule has 2 rings (SSSR count). The van der Waals surface area contributed by atoms with Gasteiger partial charge in [-0.05, 0) is 56.3 Å². The zero-order valence-corrected chi connectivity index (χ0v) is 11.2. The third kappa shape index (κ3) is 2.20. The lowest BCUT2D eigenvalue weighted by Gasteiger charge is -2.39. The summed E-state index contributed by atoms with van der Waals surface area (Å²) in [5.41, 5.74) is 1.32. The SMILES string of the molecule is C/C1=C/CC(C)(C)C[C@@H]2[C@@H](C)CC[C@@]2(O)C1. The Morgan fingerprint density at radius 1 is 1.38 bits per heavy atom. The van der Waals surface area contributed by atoms with Crippen LogP contribution in [-0.4, -0.2) is 10.7 Å². The van der Waals surface area contributed by atoms with Gasteiger partial charge >= 0.3 is 0 Å². The number of hydrogen-bond acceptors (Lipinski definition) is 1. The van der Waals surface area contributed by atoms with E-state index in [4.69, 9.17) is 0 Å². The lowest BCUT2D eigenvalue weighted by Crippen LogP contribution is -2.39. The van der Waals surface area contributed by atoms with E-state index in [0.717, 1.165) is 19.3 Å². The minimum Gasteiger partial charge on any atom is -0.389 e. The fraction of sp³-hybridized carbons (Fsp3) is 0.867. The van der Waals surface area contributed by atoms with Gasteiger partial charge in [-0.3, -0.25) is 0 Å². The molecule has 1 nitrogen and oxygen atoms in total. The van der Waals surface area contributed by atoms with Gasteiger partial charge < -0.3 is 5.11 Å². The molecule has 0 heterocycles. The van der Waals surface area contributed by atoms with Crippen molar-refractivity contribution in [1.29, 1.82) is 0 Å². The maximum Gasteiger partial charge on any atom is 0.0715 e. The van der Waals surface area contributed by atoms with E-state index >= 15 is 0 Å². The van der Waals surface area contributed by atoms with E-state index in [1.165, 1.54) is 18.4 Å². The van der Waals surface area contributed by atoms with E-state index in [-0.39, 0.29) is 0 Å². The Bertz CT molecular complexity index is 303. The van der Waals surface area contributed by atoms with E-state index < -0.39 is 5.60 Å². The molecular formula is C15H26O. The van der Waals surface area contributed by atoms with E-state index in [0.29, 0.717) is 17.3 Å². The van der Waals surface area contributed by atoms with Crippen LogP contribution in [-0.2, 0) is 0 Å². The molecule has 2 aliphatic carbocycles. The van der Waals surface area contributed by atoms with Crippen LogP contribution in [0.2, 0.25) is 0 Å². The average molecular weight is 222 g/mol. The maximum atomic E-state index is 10.8. The molecule has 0 unspecified atom stereocenters. The first-order chi connectivity index (χ1) is 7.32. The molecule has 0 radical (unpaired) electrons. The largest absolute Gasteiger partial charge is 0.389 e. The molecule has 3 atom stereocenters. The number of hydrogen-bond donors (Lipinski definition) is 1. The Hall–Kier alpha value is -0.300. The van der Waals surface area contributed by atoms with Crippen LogP contribution in [0.1, 0.15) is 59.8 Å². The molecule has 16 heavy (non-hydrogen) atoms. The summed E-state index contributed by atoms with van der Waals surface area (Å²) in [6.07, 6.45) is 7.78. The first kappa shape index (κ1) is 12.2. The van der Waals surface area contributed by atoms with Crippen molar-refractivity contribution in [2.24, 2.45) is 17.3 Å². The predicted octanol–water partition coefficient (Wildman–Crippen LogP) is 3.92. The Labute approximate surface area is 99.9 Å². The number of aliphatic hydroxyl groups is 1. The van der Waals surface area contributed by atoms with Crippen LogP contribution in [0.3, 0.4) is 0 Å². The summed E-state index contributed by atoms with van der Waals surface area (Å²) in [6.45, 7) is 9.18. The van der Waals surface area contributed by atoms with Gasteiger partial charge in [-0.15, -0.1) is 0 Å². The molecule has 1 heteroatoms. The molecule has 0 bridgehead atoms. The highest BCUT2D eigenvalue weighted by Gasteiger charge is 2.47. The molecule has 0 saturated heterocycles. The first-order valence-electron chi connectivity index (χ1n) is 6.70. The second kappa shape index (κ2) is 3.87. The summed E-state index contributed by atoms with van der Waals surface area (Å²) in [6, 6.07) is 0. The second-order valence-corrected chi connectivity index (χ2v) is 7.03. The van der Waals surface area contributed by atoms with Gasteiger partial charge in [0.1, 0.15) is 0 Å². The summed E-state index contributed by atoms with van der Waals surface area (Å²) in [5.74, 6) is 1.20. The van der Waals surface area contributed by atoms with Crippen LogP contribution in [0.5, 0.6) is 0 Å². The molecule has 0 amide bonds. The molecule has 1 fully saturated rings. The van der Waals surface area contributed by atoms with E-state index in [2.05, 4.69) is 33.8 Å². The Balaban J connectivity index is 2.31. The molecule has 0 spiro atoms. The van der Waals surface area contributed by atoms with Crippen molar-refractivity contribution < 1.29 is 5.11 Å². The van der Waals surface area contributed by atoms with Crippen LogP contribution in [0, 0.1) is 17.3 Å². The molecule has 1 saturated carbocycles. The van der Waals surface area contributed by atoms with Gasteiger partial charge in [-0.2, -0.15) is 0 Å². The monoisotopic (exact) mass is 222 g/mol. The lowest BCUT2D eigenvalue weighted by atomic mass is 9.69. The minimum absolute atomic E-state index is 0.346. The first-order valence-corrected chi connectivity index (χ1v) is 6.70. The summed E-state index contributed by atoms with van der Waals surface area (Å²) in [7, 11) is 0. The summed E-state index contributed by atoms with van der Waals surface area (Å²) >= 11 is 0. The Morgan fingerprint density at radius 3 is 2.75 bits per heavy atom. The van der Waals surface area contributed by atoms with Crippen LogP contribution < -0.4 is 0 Å². The highest BCUT2D eigenvalue weighted by atomic mass is 16.3. The van der Waals surface area contributed by atoms with Gasteiger partial charge in [0, 0.05) is 0 Å². The van der Waals surface area contributed by atoms with Gasteiger partial charge in [0.15, 0.2) is 0 Å². The molecule has 0 aromatic heterocycles. The van der Waals surface area contributed by atoms with Gasteiger partial charge in [-0.25, -0.2) is 0 Å². The quantitative estimate of drug-likeness (QED) is 0.616. The Morgan fingerprint density at radius 2 is 2.06 bits per heavy atom. The molecule has 1 N–H and O–H groups in total. The summed E-state index contributed by atoms with van der Waals surface area (Å²) < 4.78 is 0. The van der Waals surface area contributed by atoms with Crippen LogP contribution in [0.4, 0.5) is 0 Å². The summed E-state index contributed by atoms with van der Waals surface area (Å²) in [5, 5.41) is 10.8. The molecule has 2 aliphatic rings. The zero-order chi connectivity index (χ0) is 12.0. The zero-order valence-electron chi connectivity index (χ0n) is 11.2. The second-order valence-electron chi connectivity index (χ2n) is 7.03. The molecule has 0 aromatic rings. The summed E-state index contributed by atoms with van der Waals surface area (Å²) in [4.78, 5) is 0. The van der Waals surface area contributed by atoms with Gasteiger partial charge in [0.2, 0.25) is 0 Å². The van der Waals surface area contributed by atoms with Crippen molar-refractivity contribution in [2.45, 2.75) is 65.4 Å².